The number of carboxylic acid groups (broad SMARTS) is 1. The predicted octanol–water partition coefficient (Wildman–Crippen LogP) is 3.06. The molecule has 2 heterocycles. The first-order chi connectivity index (χ1) is 10.0. The fourth-order valence-corrected chi connectivity index (χ4v) is 3.20. The molecule has 3 rings (SSSR count). The van der Waals surface area contributed by atoms with Gasteiger partial charge < -0.3 is 15.0 Å². The Labute approximate surface area is 120 Å². The van der Waals surface area contributed by atoms with Crippen molar-refractivity contribution in [1.29, 1.82) is 0 Å². The largest absolute Gasteiger partial charge is 0.465 e. The van der Waals surface area contributed by atoms with E-state index in [4.69, 9.17) is 0 Å². The molecule has 0 saturated carbocycles. The number of nitro groups is 1. The van der Waals surface area contributed by atoms with E-state index in [0.717, 1.165) is 16.6 Å². The lowest BCUT2D eigenvalue weighted by atomic mass is 9.94. The van der Waals surface area contributed by atoms with E-state index in [1.165, 1.54) is 11.0 Å². The molecule has 0 spiro atoms. The summed E-state index contributed by atoms with van der Waals surface area (Å²) in [5.74, 6) is 0. The lowest BCUT2D eigenvalue weighted by Gasteiger charge is -2.33. The first-order valence-electron chi connectivity index (χ1n) is 6.82. The third-order valence-electron chi connectivity index (χ3n) is 4.07. The number of fused-ring (bicyclic) bond motifs is 3. The number of H-pyrrole nitrogens is 1. The molecule has 0 radical (unpaired) electrons. The van der Waals surface area contributed by atoms with Gasteiger partial charge in [0.05, 0.1) is 11.0 Å². The van der Waals surface area contributed by atoms with Gasteiger partial charge in [0.2, 0.25) is 0 Å². The Hall–Kier alpha value is -2.57. The van der Waals surface area contributed by atoms with Gasteiger partial charge in [-0.1, -0.05) is 19.1 Å². The van der Waals surface area contributed by atoms with E-state index in [1.807, 2.05) is 13.0 Å². The van der Waals surface area contributed by atoms with Gasteiger partial charge >= 0.3 is 6.09 Å². The van der Waals surface area contributed by atoms with E-state index >= 15 is 0 Å². The number of non-ortho nitro benzene ring substituents is 1. The van der Waals surface area contributed by atoms with Crippen LogP contribution in [0, 0.1) is 10.1 Å². The minimum Gasteiger partial charge on any atom is -0.465 e. The standard InChI is InChI=1S/C14H15N3O4/c1-2-10-12-8-4-3-5-11(17(20)21)13(8)15-9(12)6-7-16(10)14(18)19/h3-5,10,15H,2,6-7H2,1H3,(H,18,19). The van der Waals surface area contributed by atoms with Crippen molar-refractivity contribution in [2.45, 2.75) is 25.8 Å². The number of nitro benzene ring substituents is 1. The van der Waals surface area contributed by atoms with Crippen molar-refractivity contribution < 1.29 is 14.8 Å². The number of para-hydroxylation sites is 1. The number of hydrogen-bond acceptors (Lipinski definition) is 3. The van der Waals surface area contributed by atoms with Crippen LogP contribution in [0.5, 0.6) is 0 Å². The molecule has 0 aliphatic carbocycles. The molecule has 1 unspecified atom stereocenters. The van der Waals surface area contributed by atoms with Gasteiger partial charge in [-0.15, -0.1) is 0 Å². The van der Waals surface area contributed by atoms with Crippen LogP contribution in [-0.4, -0.2) is 32.6 Å². The monoisotopic (exact) mass is 289 g/mol. The third-order valence-corrected chi connectivity index (χ3v) is 4.07. The molecule has 1 aliphatic heterocycles. The minimum atomic E-state index is -0.952. The number of rotatable bonds is 2. The Morgan fingerprint density at radius 1 is 1.57 bits per heavy atom. The van der Waals surface area contributed by atoms with Crippen molar-refractivity contribution in [3.63, 3.8) is 0 Å². The molecule has 21 heavy (non-hydrogen) atoms. The molecule has 1 aliphatic rings. The molecule has 0 saturated heterocycles. The second-order valence-electron chi connectivity index (χ2n) is 5.12. The molecular formula is C14H15N3O4. The van der Waals surface area contributed by atoms with Crippen molar-refractivity contribution >= 4 is 22.7 Å². The lowest BCUT2D eigenvalue weighted by Crippen LogP contribution is -2.38. The number of aromatic nitrogens is 1. The summed E-state index contributed by atoms with van der Waals surface area (Å²) < 4.78 is 0. The normalized spacial score (nSPS) is 17.8. The Bertz CT molecular complexity index is 737. The fraction of sp³-hybridized carbons (Fsp3) is 0.357. The Morgan fingerprint density at radius 3 is 2.95 bits per heavy atom. The summed E-state index contributed by atoms with van der Waals surface area (Å²) in [5, 5.41) is 21.2. The predicted molar refractivity (Wildman–Crippen MR) is 76.4 cm³/mol. The smallest absolute Gasteiger partial charge is 0.407 e. The molecule has 2 N–H and O–H groups in total. The molecule has 1 amide bonds. The van der Waals surface area contributed by atoms with Crippen LogP contribution in [-0.2, 0) is 6.42 Å². The van der Waals surface area contributed by atoms with Crippen LogP contribution in [0.25, 0.3) is 10.9 Å². The van der Waals surface area contributed by atoms with Crippen LogP contribution in [0.3, 0.4) is 0 Å². The first kappa shape index (κ1) is 13.4. The van der Waals surface area contributed by atoms with Gasteiger partial charge in [0.25, 0.3) is 5.69 Å². The van der Waals surface area contributed by atoms with Crippen molar-refractivity contribution in [2.75, 3.05) is 6.54 Å². The molecule has 0 fully saturated rings. The molecule has 1 aromatic carbocycles. The van der Waals surface area contributed by atoms with Crippen molar-refractivity contribution in [3.8, 4) is 0 Å². The van der Waals surface area contributed by atoms with E-state index in [-0.39, 0.29) is 11.7 Å². The molecule has 7 nitrogen and oxygen atoms in total. The zero-order chi connectivity index (χ0) is 15.1. The number of nitrogens with one attached hydrogen (secondary N) is 1. The zero-order valence-electron chi connectivity index (χ0n) is 11.5. The van der Waals surface area contributed by atoms with E-state index in [1.54, 1.807) is 6.07 Å². The van der Waals surface area contributed by atoms with Gasteiger partial charge in [-0.3, -0.25) is 10.1 Å². The van der Waals surface area contributed by atoms with E-state index in [9.17, 15) is 20.0 Å². The number of carbonyl (C=O) groups is 1. The van der Waals surface area contributed by atoms with Gasteiger partial charge in [-0.2, -0.15) is 0 Å². The molecule has 7 heteroatoms. The summed E-state index contributed by atoms with van der Waals surface area (Å²) in [6.07, 6.45) is 0.228. The molecule has 110 valence electrons. The van der Waals surface area contributed by atoms with Gasteiger partial charge in [0.15, 0.2) is 0 Å². The second-order valence-corrected chi connectivity index (χ2v) is 5.12. The van der Waals surface area contributed by atoms with Crippen LogP contribution in [0.4, 0.5) is 10.5 Å². The van der Waals surface area contributed by atoms with Crippen LogP contribution in [0.1, 0.15) is 30.6 Å². The summed E-state index contributed by atoms with van der Waals surface area (Å²) in [7, 11) is 0. The van der Waals surface area contributed by atoms with Gasteiger partial charge in [-0.25, -0.2) is 4.79 Å². The maximum atomic E-state index is 11.4. The van der Waals surface area contributed by atoms with Gasteiger partial charge in [-0.05, 0) is 6.42 Å². The summed E-state index contributed by atoms with van der Waals surface area (Å²) in [6.45, 7) is 2.33. The Morgan fingerprint density at radius 2 is 2.33 bits per heavy atom. The topological polar surface area (TPSA) is 99.5 Å². The van der Waals surface area contributed by atoms with Gasteiger partial charge in [0, 0.05) is 35.7 Å². The van der Waals surface area contributed by atoms with Crippen LogP contribution < -0.4 is 0 Å². The van der Waals surface area contributed by atoms with Crippen molar-refractivity contribution in [1.82, 2.24) is 9.88 Å². The number of benzene rings is 1. The molecule has 0 bridgehead atoms. The highest BCUT2D eigenvalue weighted by Crippen LogP contribution is 2.39. The highest BCUT2D eigenvalue weighted by atomic mass is 16.6. The molecule has 1 aromatic heterocycles. The fourth-order valence-electron chi connectivity index (χ4n) is 3.20. The summed E-state index contributed by atoms with van der Waals surface area (Å²) in [5.41, 5.74) is 2.30. The summed E-state index contributed by atoms with van der Waals surface area (Å²) in [4.78, 5) is 26.6. The van der Waals surface area contributed by atoms with Crippen molar-refractivity contribution in [2.24, 2.45) is 0 Å². The minimum absolute atomic E-state index is 0.0265. The van der Waals surface area contributed by atoms with E-state index in [2.05, 4.69) is 4.98 Å². The number of hydrogen-bond donors (Lipinski definition) is 2. The molecule has 1 atom stereocenters. The molecular weight excluding hydrogens is 274 g/mol. The van der Waals surface area contributed by atoms with Crippen molar-refractivity contribution in [3.05, 3.63) is 39.6 Å². The lowest BCUT2D eigenvalue weighted by molar-refractivity contribution is -0.383. The highest BCUT2D eigenvalue weighted by Gasteiger charge is 2.33. The summed E-state index contributed by atoms with van der Waals surface area (Å²) >= 11 is 0. The number of aromatic amines is 1. The second kappa shape index (κ2) is 4.76. The quantitative estimate of drug-likeness (QED) is 0.655. The van der Waals surface area contributed by atoms with Crippen LogP contribution in [0.2, 0.25) is 0 Å². The van der Waals surface area contributed by atoms with Gasteiger partial charge in [0.1, 0.15) is 5.52 Å². The number of amides is 1. The maximum absolute atomic E-state index is 11.4. The average Bonchev–Trinajstić information content (AvgIpc) is 2.84. The number of nitrogens with zero attached hydrogens (tertiary/aromatic N) is 2. The Kier molecular flexibility index (Phi) is 3.04. The SMILES string of the molecule is CCC1c2c([nH]c3c([N+](=O)[O-])cccc23)CCN1C(=O)O. The van der Waals surface area contributed by atoms with E-state index in [0.29, 0.717) is 24.9 Å². The molecule has 2 aromatic rings. The maximum Gasteiger partial charge on any atom is 0.407 e. The third kappa shape index (κ3) is 1.93. The highest BCUT2D eigenvalue weighted by molar-refractivity contribution is 5.92. The summed E-state index contributed by atoms with van der Waals surface area (Å²) in [6, 6.07) is 4.65. The average molecular weight is 289 g/mol. The Balaban J connectivity index is 2.25. The van der Waals surface area contributed by atoms with Crippen LogP contribution >= 0.6 is 0 Å². The first-order valence-corrected chi connectivity index (χ1v) is 6.82. The van der Waals surface area contributed by atoms with Crippen LogP contribution in [0.15, 0.2) is 18.2 Å². The van der Waals surface area contributed by atoms with E-state index < -0.39 is 11.0 Å². The zero-order valence-corrected chi connectivity index (χ0v) is 11.5.